The fourth-order valence-corrected chi connectivity index (χ4v) is 1.58. The fourth-order valence-electron chi connectivity index (χ4n) is 1.58. The molecular weight excluding hydrogens is 214 g/mol. The normalized spacial score (nSPS) is 10.4. The van der Waals surface area contributed by atoms with Crippen LogP contribution in [-0.4, -0.2) is 37.7 Å². The smallest absolute Gasteiger partial charge is 0.223 e. The number of nitrogens with zero attached hydrogens (tertiary/aromatic N) is 4. The lowest BCUT2D eigenvalue weighted by molar-refractivity contribution is 0.701. The molecule has 0 saturated heterocycles. The molecule has 0 aliphatic rings. The largest absolute Gasteiger partial charge is 0.368 e. The number of unbranched alkanes of at least 4 members (excludes halogenated alkanes) is 2. The molecule has 0 amide bonds. The van der Waals surface area contributed by atoms with Gasteiger partial charge in [-0.1, -0.05) is 19.8 Å². The van der Waals surface area contributed by atoms with Crippen LogP contribution in [0.3, 0.4) is 0 Å². The highest BCUT2D eigenvalue weighted by Gasteiger charge is 2.07. The molecule has 1 aromatic heterocycles. The quantitative estimate of drug-likeness (QED) is 0.764. The number of anilines is 3. The molecule has 5 heteroatoms. The van der Waals surface area contributed by atoms with Gasteiger partial charge in [-0.25, -0.2) is 0 Å². The Balaban J connectivity index is 2.75. The highest BCUT2D eigenvalue weighted by Crippen LogP contribution is 2.18. The summed E-state index contributed by atoms with van der Waals surface area (Å²) in [6.07, 6.45) is 3.64. The Morgan fingerprint density at radius 1 is 1.12 bits per heavy atom. The number of hydrogen-bond acceptors (Lipinski definition) is 5. The summed E-state index contributed by atoms with van der Waals surface area (Å²) in [4.78, 5) is 12.5. The van der Waals surface area contributed by atoms with Crippen LogP contribution in [0.5, 0.6) is 0 Å². The average Bonchev–Trinajstić information content (AvgIpc) is 2.28. The van der Waals surface area contributed by atoms with E-state index in [1.54, 1.807) is 0 Å². The Bertz CT molecular complexity index is 351. The van der Waals surface area contributed by atoms with Gasteiger partial charge in [-0.05, 0) is 6.42 Å². The van der Waals surface area contributed by atoms with Crippen LogP contribution in [0.4, 0.5) is 17.6 Å². The molecule has 1 aromatic rings. The molecule has 0 aromatic carbocycles. The van der Waals surface area contributed by atoms with Gasteiger partial charge in [0.05, 0.1) is 0 Å². The van der Waals surface area contributed by atoms with Gasteiger partial charge in [0.1, 0.15) is 11.6 Å². The Morgan fingerprint density at radius 3 is 2.35 bits per heavy atom. The number of nitrogens with two attached hydrogens (primary N) is 1. The van der Waals surface area contributed by atoms with E-state index in [9.17, 15) is 0 Å². The van der Waals surface area contributed by atoms with Gasteiger partial charge in [-0.2, -0.15) is 9.97 Å². The van der Waals surface area contributed by atoms with E-state index in [1.807, 2.05) is 32.1 Å². The molecule has 0 aliphatic heterocycles. The fraction of sp³-hybridized carbons (Fsp3) is 0.667. The maximum atomic E-state index is 5.71. The summed E-state index contributed by atoms with van der Waals surface area (Å²) in [6.45, 7) is 3.20. The molecule has 0 bridgehead atoms. The third kappa shape index (κ3) is 4.09. The predicted molar refractivity (Wildman–Crippen MR) is 73.6 cm³/mol. The standard InChI is InChI=1S/C12H23N5/c1-5-6-7-8-17(4)11-9-10(16(2)3)14-12(13)15-11/h9H,5-8H2,1-4H3,(H2,13,14,15). The Labute approximate surface area is 104 Å². The van der Waals surface area contributed by atoms with E-state index in [-0.39, 0.29) is 0 Å². The molecule has 0 spiro atoms. The zero-order valence-electron chi connectivity index (χ0n) is 11.3. The van der Waals surface area contributed by atoms with Crippen LogP contribution in [0.1, 0.15) is 26.2 Å². The molecule has 1 heterocycles. The third-order valence-electron chi connectivity index (χ3n) is 2.66. The SMILES string of the molecule is CCCCCN(C)c1cc(N(C)C)nc(N)n1. The van der Waals surface area contributed by atoms with Crippen LogP contribution in [0.15, 0.2) is 6.07 Å². The number of rotatable bonds is 6. The van der Waals surface area contributed by atoms with Crippen LogP contribution in [0.25, 0.3) is 0 Å². The van der Waals surface area contributed by atoms with Crippen molar-refractivity contribution in [1.29, 1.82) is 0 Å². The average molecular weight is 237 g/mol. The van der Waals surface area contributed by atoms with Crippen molar-refractivity contribution in [3.05, 3.63) is 6.07 Å². The van der Waals surface area contributed by atoms with Gasteiger partial charge in [0.25, 0.3) is 0 Å². The minimum Gasteiger partial charge on any atom is -0.368 e. The van der Waals surface area contributed by atoms with Crippen molar-refractivity contribution in [3.8, 4) is 0 Å². The van der Waals surface area contributed by atoms with Crippen molar-refractivity contribution in [2.45, 2.75) is 26.2 Å². The summed E-state index contributed by atoms with van der Waals surface area (Å²) in [5, 5.41) is 0. The second-order valence-corrected chi connectivity index (χ2v) is 4.47. The molecule has 0 fully saturated rings. The molecular formula is C12H23N5. The van der Waals surface area contributed by atoms with Gasteiger partial charge in [0, 0.05) is 33.8 Å². The zero-order chi connectivity index (χ0) is 12.8. The summed E-state index contributed by atoms with van der Waals surface area (Å²) >= 11 is 0. The maximum Gasteiger partial charge on any atom is 0.223 e. The van der Waals surface area contributed by atoms with E-state index in [0.29, 0.717) is 5.95 Å². The van der Waals surface area contributed by atoms with E-state index >= 15 is 0 Å². The molecule has 96 valence electrons. The molecule has 0 unspecified atom stereocenters. The first-order valence-electron chi connectivity index (χ1n) is 6.07. The lowest BCUT2D eigenvalue weighted by Gasteiger charge is -2.20. The zero-order valence-corrected chi connectivity index (χ0v) is 11.3. The molecule has 17 heavy (non-hydrogen) atoms. The minimum atomic E-state index is 0.327. The Morgan fingerprint density at radius 2 is 1.76 bits per heavy atom. The van der Waals surface area contributed by atoms with Crippen LogP contribution in [-0.2, 0) is 0 Å². The van der Waals surface area contributed by atoms with E-state index in [2.05, 4.69) is 21.8 Å². The lowest BCUT2D eigenvalue weighted by atomic mass is 10.2. The summed E-state index contributed by atoms with van der Waals surface area (Å²) in [6, 6.07) is 1.96. The second-order valence-electron chi connectivity index (χ2n) is 4.47. The Kier molecular flexibility index (Phi) is 5.00. The lowest BCUT2D eigenvalue weighted by Crippen LogP contribution is -2.21. The van der Waals surface area contributed by atoms with Crippen molar-refractivity contribution in [3.63, 3.8) is 0 Å². The monoisotopic (exact) mass is 237 g/mol. The second kappa shape index (κ2) is 6.27. The Hall–Kier alpha value is -1.52. The third-order valence-corrected chi connectivity index (χ3v) is 2.66. The molecule has 0 saturated carbocycles. The molecule has 5 nitrogen and oxygen atoms in total. The highest BCUT2D eigenvalue weighted by atomic mass is 15.2. The minimum absolute atomic E-state index is 0.327. The summed E-state index contributed by atoms with van der Waals surface area (Å²) in [5.74, 6) is 2.06. The molecule has 0 aliphatic carbocycles. The molecule has 0 atom stereocenters. The van der Waals surface area contributed by atoms with Gasteiger partial charge in [-0.15, -0.1) is 0 Å². The summed E-state index contributed by atoms with van der Waals surface area (Å²) in [5.41, 5.74) is 5.71. The molecule has 2 N–H and O–H groups in total. The molecule has 0 radical (unpaired) electrons. The first-order chi connectivity index (χ1) is 8.04. The topological polar surface area (TPSA) is 58.3 Å². The van der Waals surface area contributed by atoms with E-state index in [0.717, 1.165) is 18.2 Å². The molecule has 1 rings (SSSR count). The van der Waals surface area contributed by atoms with E-state index < -0.39 is 0 Å². The predicted octanol–water partition coefficient (Wildman–Crippen LogP) is 1.75. The first kappa shape index (κ1) is 13.5. The number of hydrogen-bond donors (Lipinski definition) is 1. The van der Waals surface area contributed by atoms with Gasteiger partial charge < -0.3 is 15.5 Å². The number of nitrogen functional groups attached to an aromatic ring is 1. The number of aromatic nitrogens is 2. The van der Waals surface area contributed by atoms with Crippen molar-refractivity contribution in [2.24, 2.45) is 0 Å². The highest BCUT2D eigenvalue weighted by molar-refractivity contribution is 5.52. The van der Waals surface area contributed by atoms with Crippen LogP contribution < -0.4 is 15.5 Å². The summed E-state index contributed by atoms with van der Waals surface area (Å²) in [7, 11) is 5.93. The van der Waals surface area contributed by atoms with E-state index in [4.69, 9.17) is 5.73 Å². The van der Waals surface area contributed by atoms with Gasteiger partial charge in [-0.3, -0.25) is 0 Å². The maximum absolute atomic E-state index is 5.71. The van der Waals surface area contributed by atoms with Crippen molar-refractivity contribution >= 4 is 17.6 Å². The van der Waals surface area contributed by atoms with Gasteiger partial charge in [0.2, 0.25) is 5.95 Å². The van der Waals surface area contributed by atoms with Crippen molar-refractivity contribution in [2.75, 3.05) is 43.2 Å². The van der Waals surface area contributed by atoms with Gasteiger partial charge in [0.15, 0.2) is 0 Å². The van der Waals surface area contributed by atoms with Gasteiger partial charge >= 0.3 is 0 Å². The van der Waals surface area contributed by atoms with E-state index in [1.165, 1.54) is 19.3 Å². The van der Waals surface area contributed by atoms with Crippen LogP contribution >= 0.6 is 0 Å². The van der Waals surface area contributed by atoms with Crippen LogP contribution in [0, 0.1) is 0 Å². The summed E-state index contributed by atoms with van der Waals surface area (Å²) < 4.78 is 0. The van der Waals surface area contributed by atoms with Crippen molar-refractivity contribution < 1.29 is 0 Å². The van der Waals surface area contributed by atoms with Crippen molar-refractivity contribution in [1.82, 2.24) is 9.97 Å². The first-order valence-corrected chi connectivity index (χ1v) is 6.07. The van der Waals surface area contributed by atoms with Crippen LogP contribution in [0.2, 0.25) is 0 Å².